The predicted molar refractivity (Wildman–Crippen MR) is 93.7 cm³/mol. The van der Waals surface area contributed by atoms with Gasteiger partial charge in [-0.15, -0.1) is 0 Å². The fourth-order valence-corrected chi connectivity index (χ4v) is 3.51. The molecule has 0 N–H and O–H groups in total. The van der Waals surface area contributed by atoms with E-state index in [2.05, 4.69) is 58.7 Å². The summed E-state index contributed by atoms with van der Waals surface area (Å²) in [5, 5.41) is 0.793. The number of benzene rings is 2. The van der Waals surface area contributed by atoms with Crippen molar-refractivity contribution in [3.05, 3.63) is 76.7 Å². The Hall–Kier alpha value is -1.77. The zero-order chi connectivity index (χ0) is 15.8. The van der Waals surface area contributed by atoms with E-state index in [1.807, 2.05) is 12.1 Å². The van der Waals surface area contributed by atoms with E-state index >= 15 is 0 Å². The summed E-state index contributed by atoms with van der Waals surface area (Å²) in [4.78, 5) is 0. The molecule has 0 spiro atoms. The molecule has 124 valence electrons. The van der Waals surface area contributed by atoms with E-state index in [1.165, 1.54) is 34.6 Å². The van der Waals surface area contributed by atoms with Crippen molar-refractivity contribution in [2.75, 3.05) is 0 Å². The highest BCUT2D eigenvalue weighted by molar-refractivity contribution is 6.30. The number of aryl methyl sites for hydroxylation is 1. The molecule has 1 aliphatic rings. The first-order valence-corrected chi connectivity index (χ1v) is 8.52. The summed E-state index contributed by atoms with van der Waals surface area (Å²) in [5.74, 6) is 1.43. The first-order valence-electron chi connectivity index (χ1n) is 8.14. The van der Waals surface area contributed by atoms with Crippen molar-refractivity contribution in [2.24, 2.45) is 0 Å². The van der Waals surface area contributed by atoms with Gasteiger partial charge >= 0.3 is 0 Å². The van der Waals surface area contributed by atoms with Gasteiger partial charge < -0.3 is 12.4 Å². The third kappa shape index (κ3) is 3.22. The minimum atomic E-state index is 0. The van der Waals surface area contributed by atoms with Crippen LogP contribution < -0.4 is 17.0 Å². The van der Waals surface area contributed by atoms with Crippen LogP contribution in [0.3, 0.4) is 0 Å². The van der Waals surface area contributed by atoms with E-state index in [9.17, 15) is 0 Å². The summed E-state index contributed by atoms with van der Waals surface area (Å²) in [6.07, 6.45) is 4.68. The molecule has 0 unspecified atom stereocenters. The van der Waals surface area contributed by atoms with Gasteiger partial charge in [0.05, 0.1) is 13.0 Å². The fourth-order valence-electron chi connectivity index (χ4n) is 3.39. The van der Waals surface area contributed by atoms with Gasteiger partial charge in [-0.05, 0) is 31.0 Å². The molecule has 0 aliphatic carbocycles. The molecule has 24 heavy (non-hydrogen) atoms. The largest absolute Gasteiger partial charge is 1.00 e. The van der Waals surface area contributed by atoms with Gasteiger partial charge in [0.1, 0.15) is 12.7 Å². The van der Waals surface area contributed by atoms with Gasteiger partial charge in [0, 0.05) is 10.6 Å². The van der Waals surface area contributed by atoms with E-state index in [-0.39, 0.29) is 12.4 Å². The van der Waals surface area contributed by atoms with Gasteiger partial charge in [-0.3, -0.25) is 0 Å². The van der Waals surface area contributed by atoms with E-state index in [4.69, 9.17) is 11.6 Å². The van der Waals surface area contributed by atoms with Crippen LogP contribution in [0.5, 0.6) is 0 Å². The first-order chi connectivity index (χ1) is 11.2. The standard InChI is InChI=1S/C20H20ClN2.ClH/c1-15-4-8-17(9-5-15)19-14-22(20-3-2-12-23(19)20)13-16-6-10-18(21)11-7-16;/h4-11,14H,2-3,12-13H2,1H3;1H/q+1;/p-1. The van der Waals surface area contributed by atoms with Crippen molar-refractivity contribution in [3.8, 4) is 11.3 Å². The van der Waals surface area contributed by atoms with Gasteiger partial charge in [0.15, 0.2) is 5.69 Å². The van der Waals surface area contributed by atoms with Crippen LogP contribution in [0, 0.1) is 6.92 Å². The molecule has 0 fully saturated rings. The second-order valence-electron chi connectivity index (χ2n) is 6.31. The molecule has 0 atom stereocenters. The average molecular weight is 359 g/mol. The zero-order valence-electron chi connectivity index (χ0n) is 13.7. The number of aromatic nitrogens is 2. The van der Waals surface area contributed by atoms with Gasteiger partial charge in [-0.1, -0.05) is 53.6 Å². The molecule has 4 heteroatoms. The predicted octanol–water partition coefficient (Wildman–Crippen LogP) is 1.40. The second kappa shape index (κ2) is 7.00. The first kappa shape index (κ1) is 17.1. The Kier molecular flexibility index (Phi) is 4.98. The fraction of sp³-hybridized carbons (Fsp3) is 0.250. The molecule has 0 amide bonds. The highest BCUT2D eigenvalue weighted by atomic mass is 35.5. The van der Waals surface area contributed by atoms with Crippen molar-refractivity contribution in [2.45, 2.75) is 32.9 Å². The molecule has 1 aliphatic heterocycles. The molecule has 0 saturated heterocycles. The van der Waals surface area contributed by atoms with Gasteiger partial charge in [0.25, 0.3) is 5.82 Å². The molecule has 0 saturated carbocycles. The highest BCUT2D eigenvalue weighted by Gasteiger charge is 2.28. The van der Waals surface area contributed by atoms with E-state index in [0.29, 0.717) is 0 Å². The van der Waals surface area contributed by atoms with Gasteiger partial charge in [0.2, 0.25) is 0 Å². The van der Waals surface area contributed by atoms with Crippen molar-refractivity contribution in [3.63, 3.8) is 0 Å². The molecular weight excluding hydrogens is 339 g/mol. The smallest absolute Gasteiger partial charge is 0.257 e. The number of rotatable bonds is 3. The third-order valence-corrected chi connectivity index (χ3v) is 4.86. The Morgan fingerprint density at radius 1 is 1.04 bits per heavy atom. The molecule has 1 aromatic heterocycles. The Bertz CT molecular complexity index is 833. The Labute approximate surface area is 154 Å². The van der Waals surface area contributed by atoms with Crippen molar-refractivity contribution >= 4 is 11.6 Å². The van der Waals surface area contributed by atoms with E-state index in [0.717, 1.165) is 24.5 Å². The van der Waals surface area contributed by atoms with Crippen LogP contribution in [0.2, 0.25) is 5.02 Å². The number of hydrogen-bond acceptors (Lipinski definition) is 0. The van der Waals surface area contributed by atoms with Crippen molar-refractivity contribution < 1.29 is 17.0 Å². The summed E-state index contributed by atoms with van der Waals surface area (Å²) < 4.78 is 4.87. The van der Waals surface area contributed by atoms with E-state index < -0.39 is 0 Å². The quantitative estimate of drug-likeness (QED) is 0.626. The Balaban J connectivity index is 0.00000169. The number of hydrogen-bond donors (Lipinski definition) is 0. The summed E-state index contributed by atoms with van der Waals surface area (Å²) in [7, 11) is 0. The van der Waals surface area contributed by atoms with Gasteiger partial charge in [-0.25, -0.2) is 9.13 Å². The van der Waals surface area contributed by atoms with Crippen LogP contribution in [0.15, 0.2) is 54.7 Å². The minimum absolute atomic E-state index is 0. The lowest BCUT2D eigenvalue weighted by Gasteiger charge is -2.00. The maximum absolute atomic E-state index is 5.99. The Morgan fingerprint density at radius 2 is 1.75 bits per heavy atom. The molecule has 2 aromatic carbocycles. The second-order valence-corrected chi connectivity index (χ2v) is 6.74. The van der Waals surface area contributed by atoms with Crippen LogP contribution in [-0.2, 0) is 19.5 Å². The molecule has 0 radical (unpaired) electrons. The van der Waals surface area contributed by atoms with Crippen LogP contribution in [0.1, 0.15) is 23.4 Å². The monoisotopic (exact) mass is 358 g/mol. The van der Waals surface area contributed by atoms with Crippen LogP contribution in [0.4, 0.5) is 0 Å². The summed E-state index contributed by atoms with van der Waals surface area (Å²) in [6, 6.07) is 17.0. The van der Waals surface area contributed by atoms with Crippen LogP contribution >= 0.6 is 11.6 Å². The van der Waals surface area contributed by atoms with E-state index in [1.54, 1.807) is 0 Å². The van der Waals surface area contributed by atoms with Crippen LogP contribution in [-0.4, -0.2) is 4.57 Å². The topological polar surface area (TPSA) is 8.81 Å². The highest BCUT2D eigenvalue weighted by Crippen LogP contribution is 2.25. The SMILES string of the molecule is Cc1ccc(-c2c[n+](Cc3ccc(Cl)cc3)c3n2CCC3)cc1.[Cl-]. The lowest BCUT2D eigenvalue weighted by Crippen LogP contribution is -3.00. The zero-order valence-corrected chi connectivity index (χ0v) is 15.2. The Morgan fingerprint density at radius 3 is 2.46 bits per heavy atom. The molecule has 2 heterocycles. The van der Waals surface area contributed by atoms with Crippen molar-refractivity contribution in [1.29, 1.82) is 0 Å². The summed E-state index contributed by atoms with van der Waals surface area (Å²) in [6.45, 7) is 4.15. The molecule has 0 bridgehead atoms. The number of fused-ring (bicyclic) bond motifs is 1. The third-order valence-electron chi connectivity index (χ3n) is 4.61. The average Bonchev–Trinajstić information content (AvgIpc) is 3.14. The summed E-state index contributed by atoms with van der Waals surface area (Å²) >= 11 is 5.99. The molecule has 3 aromatic rings. The normalized spacial score (nSPS) is 12.8. The maximum atomic E-state index is 5.99. The number of halogens is 2. The lowest BCUT2D eigenvalue weighted by atomic mass is 10.1. The molecule has 2 nitrogen and oxygen atoms in total. The lowest BCUT2D eigenvalue weighted by molar-refractivity contribution is -0.694. The number of imidazole rings is 1. The van der Waals surface area contributed by atoms with Crippen LogP contribution in [0.25, 0.3) is 11.3 Å². The van der Waals surface area contributed by atoms with Crippen molar-refractivity contribution in [1.82, 2.24) is 4.57 Å². The maximum Gasteiger partial charge on any atom is 0.257 e. The van der Waals surface area contributed by atoms with Gasteiger partial charge in [-0.2, -0.15) is 0 Å². The summed E-state index contributed by atoms with van der Waals surface area (Å²) in [5.41, 5.74) is 5.21. The number of nitrogens with zero attached hydrogens (tertiary/aromatic N) is 2. The minimum Gasteiger partial charge on any atom is -1.00 e. The molecular formula is C20H20Cl2N2. The molecule has 4 rings (SSSR count).